The van der Waals surface area contributed by atoms with E-state index in [0.29, 0.717) is 34.3 Å². The third-order valence-corrected chi connectivity index (χ3v) is 6.74. The van der Waals surface area contributed by atoms with Crippen molar-refractivity contribution in [3.63, 3.8) is 0 Å². The highest BCUT2D eigenvalue weighted by molar-refractivity contribution is 14.1. The Balaban J connectivity index is 2.45. The van der Waals surface area contributed by atoms with Gasteiger partial charge in [0.05, 0.1) is 15.4 Å². The van der Waals surface area contributed by atoms with E-state index in [0.717, 1.165) is 5.56 Å². The summed E-state index contributed by atoms with van der Waals surface area (Å²) in [4.78, 5) is 7.90. The zero-order valence-corrected chi connectivity index (χ0v) is 18.4. The predicted octanol–water partition coefficient (Wildman–Crippen LogP) is 2.74. The Morgan fingerprint density at radius 1 is 1.22 bits per heavy atom. The van der Waals surface area contributed by atoms with Crippen molar-refractivity contribution < 1.29 is 17.3 Å². The number of halogens is 1. The second-order valence-corrected chi connectivity index (χ2v) is 8.99. The Labute approximate surface area is 172 Å². The summed E-state index contributed by atoms with van der Waals surface area (Å²) >= 11 is 2.02. The van der Waals surface area contributed by atoms with Gasteiger partial charge in [-0.3, -0.25) is 0 Å². The maximum Gasteiger partial charge on any atom is 0.311 e. The number of benzene rings is 1. The van der Waals surface area contributed by atoms with Gasteiger partial charge in [-0.1, -0.05) is 6.92 Å². The Bertz CT molecular complexity index is 921. The van der Waals surface area contributed by atoms with Crippen molar-refractivity contribution in [1.82, 2.24) is 9.97 Å². The van der Waals surface area contributed by atoms with Crippen LogP contribution < -0.4 is 20.4 Å². The molecule has 4 N–H and O–H groups in total. The van der Waals surface area contributed by atoms with Gasteiger partial charge in [0.15, 0.2) is 5.75 Å². The minimum atomic E-state index is -3.75. The van der Waals surface area contributed by atoms with Crippen LogP contribution in [0.15, 0.2) is 18.3 Å². The van der Waals surface area contributed by atoms with Gasteiger partial charge >= 0.3 is 10.1 Å². The lowest BCUT2D eigenvalue weighted by Crippen LogP contribution is -2.23. The van der Waals surface area contributed by atoms with Crippen LogP contribution in [0.5, 0.6) is 11.5 Å². The van der Waals surface area contributed by atoms with E-state index in [4.69, 9.17) is 20.4 Å². The van der Waals surface area contributed by atoms with Crippen LogP contribution in [-0.2, 0) is 16.5 Å². The van der Waals surface area contributed by atoms with E-state index in [2.05, 4.69) is 9.97 Å². The largest absolute Gasteiger partial charge is 0.493 e. The van der Waals surface area contributed by atoms with Crippen LogP contribution in [0.4, 0.5) is 11.8 Å². The summed E-state index contributed by atoms with van der Waals surface area (Å²) in [5, 5.41) is -0.617. The van der Waals surface area contributed by atoms with Crippen molar-refractivity contribution in [3.8, 4) is 11.5 Å². The topological polar surface area (TPSA) is 130 Å². The Morgan fingerprint density at radius 2 is 1.89 bits per heavy atom. The van der Waals surface area contributed by atoms with Gasteiger partial charge in [-0.2, -0.15) is 13.4 Å². The van der Waals surface area contributed by atoms with Gasteiger partial charge in [-0.05, 0) is 60.6 Å². The van der Waals surface area contributed by atoms with Crippen molar-refractivity contribution in [2.75, 3.05) is 18.1 Å². The molecule has 27 heavy (non-hydrogen) atoms. The highest BCUT2D eigenvalue weighted by Gasteiger charge is 2.24. The van der Waals surface area contributed by atoms with Crippen LogP contribution in [-0.4, -0.2) is 30.2 Å². The van der Waals surface area contributed by atoms with Crippen molar-refractivity contribution in [3.05, 3.63) is 33.0 Å². The van der Waals surface area contributed by atoms with Crippen LogP contribution >= 0.6 is 22.6 Å². The number of hydrogen-bond donors (Lipinski definition) is 2. The number of rotatable bonds is 8. The molecule has 0 aliphatic rings. The van der Waals surface area contributed by atoms with E-state index in [1.165, 1.54) is 0 Å². The van der Waals surface area contributed by atoms with E-state index in [9.17, 15) is 8.42 Å². The number of anilines is 2. The molecule has 0 spiro atoms. The maximum absolute atomic E-state index is 12.4. The monoisotopic (exact) mass is 506 g/mol. The standard InChI is InChI=1S/C17H23IN4O4S/c1-4-10(3)27(23,24)26-14-8-11(7-13(15(14)18)25-5-2)6-12-9-21-17(20)22-16(12)19/h7-10H,4-6H2,1-3H3,(H4,19,20,21,22). The second kappa shape index (κ2) is 8.91. The summed E-state index contributed by atoms with van der Waals surface area (Å²) in [5.41, 5.74) is 12.9. The highest BCUT2D eigenvalue weighted by Crippen LogP contribution is 2.34. The summed E-state index contributed by atoms with van der Waals surface area (Å²) < 4.78 is 36.4. The van der Waals surface area contributed by atoms with Gasteiger partial charge in [0.2, 0.25) is 5.95 Å². The summed E-state index contributed by atoms with van der Waals surface area (Å²) in [6.07, 6.45) is 2.38. The molecule has 0 radical (unpaired) electrons. The SMILES string of the molecule is CCOc1cc(Cc2cnc(N)nc2N)cc(OS(=O)(=O)C(C)CC)c1I. The summed E-state index contributed by atoms with van der Waals surface area (Å²) in [6, 6.07) is 3.49. The maximum atomic E-state index is 12.4. The summed E-state index contributed by atoms with van der Waals surface area (Å²) in [5.74, 6) is 1.14. The van der Waals surface area contributed by atoms with E-state index < -0.39 is 15.4 Å². The van der Waals surface area contributed by atoms with Crippen molar-refractivity contribution in [1.29, 1.82) is 0 Å². The number of hydrogen-bond acceptors (Lipinski definition) is 8. The number of ether oxygens (including phenoxy) is 1. The van der Waals surface area contributed by atoms with Crippen LogP contribution in [0.1, 0.15) is 38.3 Å². The van der Waals surface area contributed by atoms with Gasteiger partial charge in [-0.25, -0.2) is 4.98 Å². The Morgan fingerprint density at radius 3 is 2.48 bits per heavy atom. The van der Waals surface area contributed by atoms with E-state index in [-0.39, 0.29) is 17.5 Å². The fraction of sp³-hybridized carbons (Fsp3) is 0.412. The average Bonchev–Trinajstić information content (AvgIpc) is 2.60. The predicted molar refractivity (Wildman–Crippen MR) is 113 cm³/mol. The van der Waals surface area contributed by atoms with Crippen LogP contribution in [0.25, 0.3) is 0 Å². The van der Waals surface area contributed by atoms with E-state index in [1.54, 1.807) is 26.1 Å². The third-order valence-electron chi connectivity index (χ3n) is 3.95. The minimum absolute atomic E-state index is 0.0949. The molecule has 1 aromatic heterocycles. The second-order valence-electron chi connectivity index (χ2n) is 5.95. The lowest BCUT2D eigenvalue weighted by molar-refractivity contribution is 0.336. The fourth-order valence-corrected chi connectivity index (χ4v) is 3.93. The Kier molecular flexibility index (Phi) is 7.09. The van der Waals surface area contributed by atoms with Crippen LogP contribution in [0, 0.1) is 3.57 Å². The number of nitrogens with zero attached hydrogens (tertiary/aromatic N) is 2. The molecule has 0 fully saturated rings. The molecule has 2 aromatic rings. The summed E-state index contributed by atoms with van der Waals surface area (Å²) in [6.45, 7) is 5.69. The van der Waals surface area contributed by atoms with Crippen LogP contribution in [0.2, 0.25) is 0 Å². The first-order valence-corrected chi connectivity index (χ1v) is 11.0. The molecular formula is C17H23IN4O4S. The fourth-order valence-electron chi connectivity index (χ4n) is 2.25. The van der Waals surface area contributed by atoms with Crippen molar-refractivity contribution in [2.24, 2.45) is 0 Å². The first-order chi connectivity index (χ1) is 12.7. The van der Waals surface area contributed by atoms with Crippen LogP contribution in [0.3, 0.4) is 0 Å². The number of nitrogens with two attached hydrogens (primary N) is 2. The quantitative estimate of drug-likeness (QED) is 0.413. The molecule has 0 aliphatic carbocycles. The molecule has 0 amide bonds. The zero-order chi connectivity index (χ0) is 20.2. The normalized spacial score (nSPS) is 12.6. The molecule has 1 heterocycles. The molecule has 0 bridgehead atoms. The first kappa shape index (κ1) is 21.5. The molecular weight excluding hydrogens is 483 g/mol. The third kappa shape index (κ3) is 5.34. The zero-order valence-electron chi connectivity index (χ0n) is 15.4. The van der Waals surface area contributed by atoms with Crippen molar-refractivity contribution in [2.45, 2.75) is 38.9 Å². The van der Waals surface area contributed by atoms with Gasteiger partial charge in [0.25, 0.3) is 0 Å². The minimum Gasteiger partial charge on any atom is -0.493 e. The molecule has 1 unspecified atom stereocenters. The van der Waals surface area contributed by atoms with E-state index >= 15 is 0 Å². The van der Waals surface area contributed by atoms with Gasteiger partial charge < -0.3 is 20.4 Å². The summed E-state index contributed by atoms with van der Waals surface area (Å²) in [7, 11) is -3.75. The molecule has 0 aliphatic heterocycles. The van der Waals surface area contributed by atoms with Gasteiger partial charge in [0.1, 0.15) is 11.6 Å². The van der Waals surface area contributed by atoms with E-state index in [1.807, 2.05) is 35.6 Å². The molecule has 1 atom stereocenters. The molecule has 2 rings (SSSR count). The average molecular weight is 506 g/mol. The lowest BCUT2D eigenvalue weighted by atomic mass is 10.1. The van der Waals surface area contributed by atoms with Crippen molar-refractivity contribution >= 4 is 44.5 Å². The molecule has 10 heteroatoms. The molecule has 1 aromatic carbocycles. The first-order valence-electron chi connectivity index (χ1n) is 8.43. The van der Waals surface area contributed by atoms with Gasteiger partial charge in [-0.15, -0.1) is 0 Å². The smallest absolute Gasteiger partial charge is 0.311 e. The lowest BCUT2D eigenvalue weighted by Gasteiger charge is -2.17. The number of nitrogen functional groups attached to an aromatic ring is 2. The molecule has 148 valence electrons. The molecule has 0 saturated heterocycles. The highest BCUT2D eigenvalue weighted by atomic mass is 127. The number of aromatic nitrogens is 2. The molecule has 8 nitrogen and oxygen atoms in total. The molecule has 0 saturated carbocycles. The Hall–Kier alpha value is -1.82. The van der Waals surface area contributed by atoms with Gasteiger partial charge in [0, 0.05) is 18.2 Å².